The minimum atomic E-state index is -0.698. The number of anilines is 2. The van der Waals surface area contributed by atoms with Crippen LogP contribution in [-0.2, 0) is 23.9 Å². The molecule has 0 unspecified atom stereocenters. The molecule has 0 saturated heterocycles. The fraction of sp³-hybridized carbons (Fsp3) is 0.267. The Labute approximate surface area is 128 Å². The van der Waals surface area contributed by atoms with Gasteiger partial charge in [0.25, 0.3) is 0 Å². The molecule has 0 aromatic heterocycles. The Morgan fingerprint density at radius 1 is 1.09 bits per heavy atom. The van der Waals surface area contributed by atoms with E-state index in [0.717, 1.165) is 11.6 Å². The van der Waals surface area contributed by atoms with E-state index in [1.165, 1.54) is 21.1 Å². The summed E-state index contributed by atoms with van der Waals surface area (Å²) in [5, 5.41) is 5.47. The Morgan fingerprint density at radius 2 is 1.77 bits per heavy atom. The van der Waals surface area contributed by atoms with Gasteiger partial charge >= 0.3 is 11.9 Å². The van der Waals surface area contributed by atoms with Gasteiger partial charge in [-0.2, -0.15) is 0 Å². The van der Waals surface area contributed by atoms with Crippen molar-refractivity contribution in [3.05, 3.63) is 35.5 Å². The fourth-order valence-corrected chi connectivity index (χ4v) is 1.66. The number of carbonyl (C=O) groups excluding carboxylic acids is 3. The quantitative estimate of drug-likeness (QED) is 0.634. The number of rotatable bonds is 5. The van der Waals surface area contributed by atoms with Gasteiger partial charge in [0.05, 0.1) is 20.3 Å². The monoisotopic (exact) mass is 306 g/mol. The van der Waals surface area contributed by atoms with Crippen molar-refractivity contribution in [1.29, 1.82) is 0 Å². The van der Waals surface area contributed by atoms with Crippen LogP contribution >= 0.6 is 0 Å². The van der Waals surface area contributed by atoms with Crippen LogP contribution in [0.3, 0.4) is 0 Å². The molecule has 0 spiro atoms. The summed E-state index contributed by atoms with van der Waals surface area (Å²) in [4.78, 5) is 34.0. The van der Waals surface area contributed by atoms with Crippen molar-refractivity contribution in [2.45, 2.75) is 13.8 Å². The number of carbonyl (C=O) groups is 3. The molecule has 0 aliphatic carbocycles. The van der Waals surface area contributed by atoms with Crippen molar-refractivity contribution in [2.75, 3.05) is 24.9 Å². The summed E-state index contributed by atoms with van der Waals surface area (Å²) in [6.07, 6.45) is 1.01. The normalized spacial score (nSPS) is 10.6. The molecule has 1 amide bonds. The molecule has 0 radical (unpaired) electrons. The van der Waals surface area contributed by atoms with Crippen LogP contribution in [-0.4, -0.2) is 32.1 Å². The van der Waals surface area contributed by atoms with Crippen LogP contribution in [0.5, 0.6) is 0 Å². The van der Waals surface area contributed by atoms with E-state index in [1.807, 2.05) is 0 Å². The zero-order valence-corrected chi connectivity index (χ0v) is 12.9. The lowest BCUT2D eigenvalue weighted by Crippen LogP contribution is -2.16. The number of hydrogen-bond acceptors (Lipinski definition) is 6. The van der Waals surface area contributed by atoms with Crippen molar-refractivity contribution in [2.24, 2.45) is 0 Å². The maximum absolute atomic E-state index is 11.7. The molecule has 0 saturated carbocycles. The molecule has 0 heterocycles. The lowest BCUT2D eigenvalue weighted by Gasteiger charge is -2.13. The van der Waals surface area contributed by atoms with Crippen LogP contribution in [0, 0.1) is 6.92 Å². The number of amides is 1. The maximum atomic E-state index is 11.7. The van der Waals surface area contributed by atoms with Crippen molar-refractivity contribution in [3.63, 3.8) is 0 Å². The first-order chi connectivity index (χ1) is 10.4. The highest BCUT2D eigenvalue weighted by atomic mass is 16.5. The predicted molar refractivity (Wildman–Crippen MR) is 81.2 cm³/mol. The molecule has 22 heavy (non-hydrogen) atoms. The van der Waals surface area contributed by atoms with Crippen LogP contribution in [0.4, 0.5) is 11.4 Å². The van der Waals surface area contributed by atoms with E-state index in [-0.39, 0.29) is 11.6 Å². The first kappa shape index (κ1) is 17.2. The van der Waals surface area contributed by atoms with E-state index < -0.39 is 11.9 Å². The van der Waals surface area contributed by atoms with Crippen LogP contribution in [0.25, 0.3) is 0 Å². The number of nitrogens with one attached hydrogen (secondary N) is 2. The summed E-state index contributed by atoms with van der Waals surface area (Å²) < 4.78 is 9.11. The third-order valence-corrected chi connectivity index (χ3v) is 2.68. The SMILES string of the molecule is COC(=O)/C=C(/Nc1ccc(NC(C)=O)cc1C)C(=O)OC. The highest BCUT2D eigenvalue weighted by Gasteiger charge is 2.14. The van der Waals surface area contributed by atoms with Gasteiger partial charge < -0.3 is 20.1 Å². The van der Waals surface area contributed by atoms with Gasteiger partial charge in [-0.1, -0.05) is 0 Å². The Bertz CT molecular complexity index is 622. The second-order valence-electron chi connectivity index (χ2n) is 4.41. The standard InChI is InChI=1S/C15H18N2O5/c1-9-7-11(16-10(2)18)5-6-12(9)17-13(15(20)22-4)8-14(19)21-3/h5-8,17H,1-4H3,(H,16,18)/b13-8+. The Hall–Kier alpha value is -2.83. The Kier molecular flexibility index (Phi) is 6.12. The molecule has 7 nitrogen and oxygen atoms in total. The van der Waals surface area contributed by atoms with Gasteiger partial charge in [0, 0.05) is 18.3 Å². The van der Waals surface area contributed by atoms with E-state index >= 15 is 0 Å². The summed E-state index contributed by atoms with van der Waals surface area (Å²) in [5.41, 5.74) is 1.94. The smallest absolute Gasteiger partial charge is 0.354 e. The highest BCUT2D eigenvalue weighted by molar-refractivity contribution is 5.99. The lowest BCUT2D eigenvalue weighted by molar-refractivity contribution is -0.138. The van der Waals surface area contributed by atoms with Gasteiger partial charge in [0.15, 0.2) is 0 Å². The predicted octanol–water partition coefficient (Wildman–Crippen LogP) is 1.60. The van der Waals surface area contributed by atoms with Crippen LogP contribution < -0.4 is 10.6 Å². The molecule has 1 aromatic carbocycles. The van der Waals surface area contributed by atoms with E-state index in [0.29, 0.717) is 11.4 Å². The maximum Gasteiger partial charge on any atom is 0.354 e. The van der Waals surface area contributed by atoms with Crippen LogP contribution in [0.1, 0.15) is 12.5 Å². The van der Waals surface area contributed by atoms with Crippen LogP contribution in [0.2, 0.25) is 0 Å². The topological polar surface area (TPSA) is 93.7 Å². The minimum absolute atomic E-state index is 0.0512. The molecular weight excluding hydrogens is 288 g/mol. The molecule has 0 atom stereocenters. The summed E-state index contributed by atoms with van der Waals surface area (Å²) in [6.45, 7) is 3.21. The van der Waals surface area contributed by atoms with E-state index in [1.54, 1.807) is 25.1 Å². The summed E-state index contributed by atoms with van der Waals surface area (Å²) in [5.74, 6) is -1.56. The molecule has 2 N–H and O–H groups in total. The second kappa shape index (κ2) is 7.82. The molecule has 118 valence electrons. The van der Waals surface area contributed by atoms with Crippen LogP contribution in [0.15, 0.2) is 30.0 Å². The molecule has 7 heteroatoms. The molecule has 0 aliphatic heterocycles. The third-order valence-electron chi connectivity index (χ3n) is 2.68. The summed E-state index contributed by atoms with van der Waals surface area (Å²) >= 11 is 0. The van der Waals surface area contributed by atoms with Crippen molar-refractivity contribution < 1.29 is 23.9 Å². The molecule has 0 bridgehead atoms. The van der Waals surface area contributed by atoms with Gasteiger partial charge in [0.2, 0.25) is 5.91 Å². The highest BCUT2D eigenvalue weighted by Crippen LogP contribution is 2.21. The minimum Gasteiger partial charge on any atom is -0.466 e. The van der Waals surface area contributed by atoms with Gasteiger partial charge in [-0.25, -0.2) is 9.59 Å². The van der Waals surface area contributed by atoms with Crippen molar-refractivity contribution >= 4 is 29.2 Å². The van der Waals surface area contributed by atoms with Crippen molar-refractivity contribution in [1.82, 2.24) is 0 Å². The second-order valence-corrected chi connectivity index (χ2v) is 4.41. The lowest BCUT2D eigenvalue weighted by atomic mass is 10.1. The molecular formula is C15H18N2O5. The molecule has 0 fully saturated rings. The van der Waals surface area contributed by atoms with Gasteiger partial charge in [0.1, 0.15) is 5.70 Å². The Morgan fingerprint density at radius 3 is 2.27 bits per heavy atom. The number of esters is 2. The van der Waals surface area contributed by atoms with Gasteiger partial charge in [-0.3, -0.25) is 4.79 Å². The number of ether oxygens (including phenoxy) is 2. The molecule has 1 aromatic rings. The van der Waals surface area contributed by atoms with Gasteiger partial charge in [-0.05, 0) is 30.7 Å². The first-order valence-electron chi connectivity index (χ1n) is 6.40. The Balaban J connectivity index is 3.03. The van der Waals surface area contributed by atoms with E-state index in [9.17, 15) is 14.4 Å². The summed E-state index contributed by atoms with van der Waals surface area (Å²) in [6, 6.07) is 5.08. The van der Waals surface area contributed by atoms with E-state index in [4.69, 9.17) is 0 Å². The third kappa shape index (κ3) is 4.93. The zero-order valence-electron chi connectivity index (χ0n) is 12.9. The average molecular weight is 306 g/mol. The number of aryl methyl sites for hydroxylation is 1. The summed E-state index contributed by atoms with van der Waals surface area (Å²) in [7, 11) is 2.42. The average Bonchev–Trinajstić information content (AvgIpc) is 2.47. The number of benzene rings is 1. The molecule has 0 aliphatic rings. The zero-order chi connectivity index (χ0) is 16.7. The van der Waals surface area contributed by atoms with Crippen molar-refractivity contribution in [3.8, 4) is 0 Å². The molecule has 1 rings (SSSR count). The first-order valence-corrected chi connectivity index (χ1v) is 6.40. The fourth-order valence-electron chi connectivity index (χ4n) is 1.66. The largest absolute Gasteiger partial charge is 0.466 e. The van der Waals surface area contributed by atoms with Gasteiger partial charge in [-0.15, -0.1) is 0 Å². The number of hydrogen-bond donors (Lipinski definition) is 2. The van der Waals surface area contributed by atoms with E-state index in [2.05, 4.69) is 20.1 Å². The number of methoxy groups -OCH3 is 2.